The highest BCUT2D eigenvalue weighted by Gasteiger charge is 2.12. The van der Waals surface area contributed by atoms with Crippen LogP contribution in [-0.2, 0) is 0 Å². The summed E-state index contributed by atoms with van der Waals surface area (Å²) in [6, 6.07) is 6.43. The molecule has 0 heterocycles. The molecule has 1 aromatic rings. The maximum Gasteiger partial charge on any atom is 0.0454 e. The van der Waals surface area contributed by atoms with Gasteiger partial charge in [-0.15, -0.1) is 0 Å². The number of hydrogen-bond donors (Lipinski definition) is 1. The summed E-state index contributed by atoms with van der Waals surface area (Å²) in [5.41, 5.74) is 1.20. The van der Waals surface area contributed by atoms with Crippen LogP contribution < -0.4 is 5.32 Å². The second-order valence-electron chi connectivity index (χ2n) is 4.71. The summed E-state index contributed by atoms with van der Waals surface area (Å²) in [7, 11) is 2.01. The van der Waals surface area contributed by atoms with Crippen LogP contribution in [0, 0.1) is 0 Å². The van der Waals surface area contributed by atoms with E-state index in [0.717, 1.165) is 15.9 Å². The zero-order valence-electron chi connectivity index (χ0n) is 11.3. The molecule has 0 radical (unpaired) electrons. The van der Waals surface area contributed by atoms with Crippen molar-refractivity contribution in [3.63, 3.8) is 0 Å². The van der Waals surface area contributed by atoms with Crippen LogP contribution in [0.5, 0.6) is 0 Å². The number of rotatable bonds is 8. The molecular formula is C15H23BrClN. The Labute approximate surface area is 124 Å². The Morgan fingerprint density at radius 2 is 1.94 bits per heavy atom. The van der Waals surface area contributed by atoms with Crippen molar-refractivity contribution < 1.29 is 0 Å². The van der Waals surface area contributed by atoms with Gasteiger partial charge < -0.3 is 5.32 Å². The van der Waals surface area contributed by atoms with E-state index in [1.54, 1.807) is 0 Å². The van der Waals surface area contributed by atoms with E-state index in [1.807, 2.05) is 19.2 Å². The molecule has 1 nitrogen and oxygen atoms in total. The molecule has 0 aromatic heterocycles. The molecule has 1 N–H and O–H groups in total. The molecule has 0 fully saturated rings. The van der Waals surface area contributed by atoms with Gasteiger partial charge in [-0.25, -0.2) is 0 Å². The van der Waals surface area contributed by atoms with E-state index in [0.29, 0.717) is 6.04 Å². The first-order chi connectivity index (χ1) is 8.69. The lowest BCUT2D eigenvalue weighted by Crippen LogP contribution is -2.16. The molecule has 0 aliphatic heterocycles. The Kier molecular flexibility index (Phi) is 7.96. The summed E-state index contributed by atoms with van der Waals surface area (Å²) in [6.07, 6.45) is 7.72. The SMILES string of the molecule is CCCCCCCC(NC)c1cc(Br)ccc1Cl. The molecule has 0 aliphatic rings. The van der Waals surface area contributed by atoms with Crippen LogP contribution in [0.4, 0.5) is 0 Å². The molecule has 3 heteroatoms. The molecule has 1 rings (SSSR count). The molecule has 1 atom stereocenters. The Morgan fingerprint density at radius 1 is 1.22 bits per heavy atom. The van der Waals surface area contributed by atoms with Crippen molar-refractivity contribution in [1.29, 1.82) is 0 Å². The zero-order chi connectivity index (χ0) is 13.4. The molecule has 0 aliphatic carbocycles. The van der Waals surface area contributed by atoms with Crippen LogP contribution in [0.2, 0.25) is 5.02 Å². The third-order valence-corrected chi connectivity index (χ3v) is 4.12. The first kappa shape index (κ1) is 16.0. The summed E-state index contributed by atoms with van der Waals surface area (Å²) in [6.45, 7) is 2.25. The molecule has 102 valence electrons. The third-order valence-electron chi connectivity index (χ3n) is 3.28. The quantitative estimate of drug-likeness (QED) is 0.600. The van der Waals surface area contributed by atoms with Crippen LogP contribution in [0.3, 0.4) is 0 Å². The summed E-state index contributed by atoms with van der Waals surface area (Å²) < 4.78 is 1.09. The van der Waals surface area contributed by atoms with Gasteiger partial charge in [0.2, 0.25) is 0 Å². The Balaban J connectivity index is 2.52. The fraction of sp³-hybridized carbons (Fsp3) is 0.600. The first-order valence-corrected chi connectivity index (χ1v) is 7.98. The summed E-state index contributed by atoms with van der Waals surface area (Å²) in [4.78, 5) is 0. The average Bonchev–Trinajstić information content (AvgIpc) is 2.37. The minimum atomic E-state index is 0.358. The van der Waals surface area contributed by atoms with Gasteiger partial charge in [-0.05, 0) is 37.2 Å². The number of halogens is 2. The van der Waals surface area contributed by atoms with E-state index in [-0.39, 0.29) is 0 Å². The molecule has 0 saturated heterocycles. The number of unbranched alkanes of at least 4 members (excludes halogenated alkanes) is 4. The minimum Gasteiger partial charge on any atom is -0.313 e. The van der Waals surface area contributed by atoms with E-state index in [1.165, 1.54) is 37.7 Å². The fourth-order valence-corrected chi connectivity index (χ4v) is 2.82. The van der Waals surface area contributed by atoms with E-state index < -0.39 is 0 Å². The van der Waals surface area contributed by atoms with Gasteiger partial charge in [0.05, 0.1) is 0 Å². The van der Waals surface area contributed by atoms with E-state index in [2.05, 4.69) is 34.2 Å². The number of nitrogens with one attached hydrogen (secondary N) is 1. The monoisotopic (exact) mass is 331 g/mol. The van der Waals surface area contributed by atoms with Gasteiger partial charge in [-0.3, -0.25) is 0 Å². The highest BCUT2D eigenvalue weighted by molar-refractivity contribution is 9.10. The van der Waals surface area contributed by atoms with E-state index in [4.69, 9.17) is 11.6 Å². The van der Waals surface area contributed by atoms with Gasteiger partial charge >= 0.3 is 0 Å². The van der Waals surface area contributed by atoms with Gasteiger partial charge in [-0.2, -0.15) is 0 Å². The molecule has 0 saturated carbocycles. The third kappa shape index (κ3) is 5.29. The lowest BCUT2D eigenvalue weighted by atomic mass is 10.00. The maximum absolute atomic E-state index is 6.27. The van der Waals surface area contributed by atoms with Crippen LogP contribution >= 0.6 is 27.5 Å². The molecule has 18 heavy (non-hydrogen) atoms. The average molecular weight is 333 g/mol. The lowest BCUT2D eigenvalue weighted by Gasteiger charge is -2.18. The normalized spacial score (nSPS) is 12.7. The van der Waals surface area contributed by atoms with Crippen LogP contribution in [-0.4, -0.2) is 7.05 Å². The summed E-state index contributed by atoms with van der Waals surface area (Å²) in [5.74, 6) is 0. The van der Waals surface area contributed by atoms with Gasteiger partial charge in [0, 0.05) is 15.5 Å². The minimum absolute atomic E-state index is 0.358. The van der Waals surface area contributed by atoms with Gasteiger partial charge in [0.15, 0.2) is 0 Å². The van der Waals surface area contributed by atoms with E-state index in [9.17, 15) is 0 Å². The summed E-state index contributed by atoms with van der Waals surface area (Å²) >= 11 is 9.78. The predicted molar refractivity (Wildman–Crippen MR) is 84.3 cm³/mol. The van der Waals surface area contributed by atoms with Crippen molar-refractivity contribution in [2.45, 2.75) is 51.5 Å². The van der Waals surface area contributed by atoms with Crippen LogP contribution in [0.15, 0.2) is 22.7 Å². The fourth-order valence-electron chi connectivity index (χ4n) is 2.19. The van der Waals surface area contributed by atoms with Crippen LogP contribution in [0.25, 0.3) is 0 Å². The van der Waals surface area contributed by atoms with Crippen molar-refractivity contribution in [2.75, 3.05) is 7.05 Å². The largest absolute Gasteiger partial charge is 0.313 e. The van der Waals surface area contributed by atoms with Gasteiger partial charge in [0.25, 0.3) is 0 Å². The zero-order valence-corrected chi connectivity index (χ0v) is 13.6. The molecule has 0 bridgehead atoms. The Hall–Kier alpha value is -0.0500. The smallest absolute Gasteiger partial charge is 0.0454 e. The number of benzene rings is 1. The standard InChI is InChI=1S/C15H23BrClN/c1-3-4-5-6-7-8-15(18-2)13-11-12(16)9-10-14(13)17/h9-11,15,18H,3-8H2,1-2H3. The molecular weight excluding hydrogens is 310 g/mol. The van der Waals surface area contributed by atoms with Gasteiger partial charge in [-0.1, -0.05) is 66.6 Å². The van der Waals surface area contributed by atoms with Crippen molar-refractivity contribution in [2.24, 2.45) is 0 Å². The molecule has 0 spiro atoms. The second-order valence-corrected chi connectivity index (χ2v) is 6.03. The lowest BCUT2D eigenvalue weighted by molar-refractivity contribution is 0.501. The highest BCUT2D eigenvalue weighted by Crippen LogP contribution is 2.29. The Morgan fingerprint density at radius 3 is 2.61 bits per heavy atom. The molecule has 1 unspecified atom stereocenters. The Bertz CT molecular complexity index is 354. The number of hydrogen-bond acceptors (Lipinski definition) is 1. The van der Waals surface area contributed by atoms with Crippen molar-refractivity contribution in [1.82, 2.24) is 5.32 Å². The van der Waals surface area contributed by atoms with Gasteiger partial charge in [0.1, 0.15) is 0 Å². The van der Waals surface area contributed by atoms with E-state index >= 15 is 0 Å². The van der Waals surface area contributed by atoms with Crippen molar-refractivity contribution in [3.8, 4) is 0 Å². The highest BCUT2D eigenvalue weighted by atomic mass is 79.9. The van der Waals surface area contributed by atoms with Crippen LogP contribution in [0.1, 0.15) is 57.1 Å². The first-order valence-electron chi connectivity index (χ1n) is 6.81. The molecule has 0 amide bonds. The maximum atomic E-state index is 6.27. The second kappa shape index (κ2) is 8.95. The van der Waals surface area contributed by atoms with Crippen molar-refractivity contribution >= 4 is 27.5 Å². The predicted octanol–water partition coefficient (Wildman–Crippen LogP) is 5.72. The molecule has 1 aromatic carbocycles. The topological polar surface area (TPSA) is 12.0 Å². The summed E-state index contributed by atoms with van der Waals surface area (Å²) in [5, 5.41) is 4.22. The van der Waals surface area contributed by atoms with Crippen molar-refractivity contribution in [3.05, 3.63) is 33.3 Å².